The van der Waals surface area contributed by atoms with Gasteiger partial charge in [0.05, 0.1) is 6.54 Å². The molecular weight excluding hydrogens is 246 g/mol. The Morgan fingerprint density at radius 1 is 1.33 bits per heavy atom. The number of nitrogens with zero attached hydrogens (tertiary/aromatic N) is 1. The summed E-state index contributed by atoms with van der Waals surface area (Å²) in [6, 6.07) is 7.58. The molecule has 18 heavy (non-hydrogen) atoms. The van der Waals surface area contributed by atoms with Gasteiger partial charge in [-0.15, -0.1) is 0 Å². The summed E-state index contributed by atoms with van der Waals surface area (Å²) in [5.74, 6) is 0.992. The zero-order valence-corrected chi connectivity index (χ0v) is 11.8. The van der Waals surface area contributed by atoms with Crippen molar-refractivity contribution in [2.24, 2.45) is 5.92 Å². The molecule has 0 radical (unpaired) electrons. The standard InChI is InChI=1S/C15H20ClNO/c1-11(2)17(9-12-3-4-12)10-15(18)13-5-7-14(16)8-6-13/h5-8,11-12H,3-4,9-10H2,1-2H3. The lowest BCUT2D eigenvalue weighted by Gasteiger charge is -2.25. The second-order valence-electron chi connectivity index (χ2n) is 5.40. The first kappa shape index (κ1) is 13.6. The Labute approximate surface area is 114 Å². The third-order valence-electron chi connectivity index (χ3n) is 3.43. The van der Waals surface area contributed by atoms with Crippen LogP contribution in [-0.2, 0) is 0 Å². The molecule has 1 aliphatic carbocycles. The highest BCUT2D eigenvalue weighted by Crippen LogP contribution is 2.30. The van der Waals surface area contributed by atoms with Crippen molar-refractivity contribution < 1.29 is 4.79 Å². The van der Waals surface area contributed by atoms with E-state index in [9.17, 15) is 4.79 Å². The first-order valence-electron chi connectivity index (χ1n) is 6.59. The van der Waals surface area contributed by atoms with Crippen LogP contribution >= 0.6 is 11.6 Å². The molecule has 1 aromatic rings. The van der Waals surface area contributed by atoms with Crippen molar-refractivity contribution in [1.29, 1.82) is 0 Å². The van der Waals surface area contributed by atoms with Gasteiger partial charge in [0.15, 0.2) is 5.78 Å². The monoisotopic (exact) mass is 265 g/mol. The topological polar surface area (TPSA) is 20.3 Å². The summed E-state index contributed by atoms with van der Waals surface area (Å²) in [4.78, 5) is 14.5. The van der Waals surface area contributed by atoms with Crippen LogP contribution in [0, 0.1) is 5.92 Å². The van der Waals surface area contributed by atoms with E-state index in [1.165, 1.54) is 12.8 Å². The van der Waals surface area contributed by atoms with Gasteiger partial charge in [0.1, 0.15) is 0 Å². The molecule has 1 saturated carbocycles. The Bertz CT molecular complexity index is 409. The second kappa shape index (κ2) is 5.85. The molecule has 0 saturated heterocycles. The van der Waals surface area contributed by atoms with Crippen LogP contribution in [0.2, 0.25) is 5.02 Å². The number of benzene rings is 1. The van der Waals surface area contributed by atoms with Gasteiger partial charge in [0, 0.05) is 23.2 Å². The molecule has 0 N–H and O–H groups in total. The highest BCUT2D eigenvalue weighted by atomic mass is 35.5. The summed E-state index contributed by atoms with van der Waals surface area (Å²) in [5, 5.41) is 0.672. The molecule has 0 atom stereocenters. The van der Waals surface area contributed by atoms with E-state index in [4.69, 9.17) is 11.6 Å². The highest BCUT2D eigenvalue weighted by molar-refractivity contribution is 6.30. The zero-order valence-electron chi connectivity index (χ0n) is 11.0. The molecule has 98 valence electrons. The first-order valence-corrected chi connectivity index (χ1v) is 6.97. The van der Waals surface area contributed by atoms with Crippen molar-refractivity contribution in [3.63, 3.8) is 0 Å². The van der Waals surface area contributed by atoms with Crippen LogP contribution < -0.4 is 0 Å². The third kappa shape index (κ3) is 3.82. The molecule has 0 spiro atoms. The second-order valence-corrected chi connectivity index (χ2v) is 5.83. The number of halogens is 1. The van der Waals surface area contributed by atoms with Gasteiger partial charge in [-0.05, 0) is 56.9 Å². The summed E-state index contributed by atoms with van der Waals surface area (Å²) in [6.45, 7) is 5.86. The van der Waals surface area contributed by atoms with Gasteiger partial charge in [0.25, 0.3) is 0 Å². The van der Waals surface area contributed by atoms with E-state index in [0.717, 1.165) is 18.0 Å². The maximum absolute atomic E-state index is 12.2. The van der Waals surface area contributed by atoms with E-state index in [0.29, 0.717) is 17.6 Å². The van der Waals surface area contributed by atoms with E-state index in [1.807, 2.05) is 0 Å². The fourth-order valence-electron chi connectivity index (χ4n) is 2.00. The number of Topliss-reactive ketones (excluding diaryl/α,β-unsaturated/α-hetero) is 1. The third-order valence-corrected chi connectivity index (χ3v) is 3.68. The molecular formula is C15H20ClNO. The molecule has 3 heteroatoms. The van der Waals surface area contributed by atoms with Crippen LogP contribution in [0.25, 0.3) is 0 Å². The first-order chi connectivity index (χ1) is 8.56. The number of ketones is 1. The predicted molar refractivity (Wildman–Crippen MR) is 75.2 cm³/mol. The lowest BCUT2D eigenvalue weighted by atomic mass is 10.1. The van der Waals surface area contributed by atoms with Gasteiger partial charge in [-0.3, -0.25) is 9.69 Å². The van der Waals surface area contributed by atoms with E-state index in [1.54, 1.807) is 24.3 Å². The Balaban J connectivity index is 1.97. The number of hydrogen-bond donors (Lipinski definition) is 0. The molecule has 1 aromatic carbocycles. The Morgan fingerprint density at radius 2 is 1.94 bits per heavy atom. The van der Waals surface area contributed by atoms with Crippen molar-refractivity contribution in [2.75, 3.05) is 13.1 Å². The molecule has 0 aromatic heterocycles. The molecule has 0 aliphatic heterocycles. The molecule has 1 fully saturated rings. The normalized spacial score (nSPS) is 15.4. The van der Waals surface area contributed by atoms with Crippen LogP contribution in [-0.4, -0.2) is 29.8 Å². The lowest BCUT2D eigenvalue weighted by molar-refractivity contribution is 0.0901. The average Bonchev–Trinajstić information content (AvgIpc) is 3.12. The summed E-state index contributed by atoms with van der Waals surface area (Å²) in [7, 11) is 0. The van der Waals surface area contributed by atoms with E-state index >= 15 is 0 Å². The van der Waals surface area contributed by atoms with Crippen LogP contribution in [0.4, 0.5) is 0 Å². The lowest BCUT2D eigenvalue weighted by Crippen LogP contribution is -2.37. The van der Waals surface area contributed by atoms with Crippen molar-refractivity contribution >= 4 is 17.4 Å². The maximum Gasteiger partial charge on any atom is 0.176 e. The fourth-order valence-corrected chi connectivity index (χ4v) is 2.13. The molecule has 0 heterocycles. The van der Waals surface area contributed by atoms with Crippen LogP contribution in [0.15, 0.2) is 24.3 Å². The van der Waals surface area contributed by atoms with Crippen LogP contribution in [0.5, 0.6) is 0 Å². The smallest absolute Gasteiger partial charge is 0.176 e. The maximum atomic E-state index is 12.2. The molecule has 2 rings (SSSR count). The minimum Gasteiger partial charge on any atom is -0.293 e. The van der Waals surface area contributed by atoms with Crippen LogP contribution in [0.3, 0.4) is 0 Å². The largest absolute Gasteiger partial charge is 0.293 e. The van der Waals surface area contributed by atoms with Gasteiger partial charge >= 0.3 is 0 Å². The summed E-state index contributed by atoms with van der Waals surface area (Å²) in [6.07, 6.45) is 2.64. The van der Waals surface area contributed by atoms with Gasteiger partial charge in [0.2, 0.25) is 0 Å². The fraction of sp³-hybridized carbons (Fsp3) is 0.533. The van der Waals surface area contributed by atoms with E-state index < -0.39 is 0 Å². The number of carbonyl (C=O) groups excluding carboxylic acids is 1. The molecule has 0 bridgehead atoms. The van der Waals surface area contributed by atoms with Gasteiger partial charge in [-0.25, -0.2) is 0 Å². The number of rotatable bonds is 6. The van der Waals surface area contributed by atoms with Crippen molar-refractivity contribution in [1.82, 2.24) is 4.90 Å². The van der Waals surface area contributed by atoms with E-state index in [-0.39, 0.29) is 5.78 Å². The SMILES string of the molecule is CC(C)N(CC(=O)c1ccc(Cl)cc1)CC1CC1. The van der Waals surface area contributed by atoms with E-state index in [2.05, 4.69) is 18.7 Å². The quantitative estimate of drug-likeness (QED) is 0.732. The Kier molecular flexibility index (Phi) is 4.41. The molecule has 2 nitrogen and oxygen atoms in total. The van der Waals surface area contributed by atoms with Crippen molar-refractivity contribution in [3.8, 4) is 0 Å². The zero-order chi connectivity index (χ0) is 13.1. The Hall–Kier alpha value is -0.860. The Morgan fingerprint density at radius 3 is 2.44 bits per heavy atom. The minimum absolute atomic E-state index is 0.181. The number of carbonyl (C=O) groups is 1. The minimum atomic E-state index is 0.181. The van der Waals surface area contributed by atoms with Crippen molar-refractivity contribution in [3.05, 3.63) is 34.9 Å². The van der Waals surface area contributed by atoms with Gasteiger partial charge < -0.3 is 0 Å². The van der Waals surface area contributed by atoms with Gasteiger partial charge in [-0.2, -0.15) is 0 Å². The van der Waals surface area contributed by atoms with Crippen molar-refractivity contribution in [2.45, 2.75) is 32.7 Å². The summed E-state index contributed by atoms with van der Waals surface area (Å²) < 4.78 is 0. The van der Waals surface area contributed by atoms with Gasteiger partial charge in [-0.1, -0.05) is 11.6 Å². The summed E-state index contributed by atoms with van der Waals surface area (Å²) in [5.41, 5.74) is 0.751. The summed E-state index contributed by atoms with van der Waals surface area (Å²) >= 11 is 5.83. The predicted octanol–water partition coefficient (Wildman–Crippen LogP) is 3.64. The highest BCUT2D eigenvalue weighted by Gasteiger charge is 2.26. The number of hydrogen-bond acceptors (Lipinski definition) is 2. The molecule has 0 amide bonds. The molecule has 0 unspecified atom stereocenters. The molecule has 1 aliphatic rings. The van der Waals surface area contributed by atoms with Crippen LogP contribution in [0.1, 0.15) is 37.0 Å². The average molecular weight is 266 g/mol.